The number of ether oxygens (including phenoxy) is 3. The van der Waals surface area contributed by atoms with Crippen molar-refractivity contribution in [3.8, 4) is 11.8 Å². The van der Waals surface area contributed by atoms with E-state index in [9.17, 15) is 18.0 Å². The quantitative estimate of drug-likeness (QED) is 0.478. The lowest BCUT2D eigenvalue weighted by Gasteiger charge is -2.12. The van der Waals surface area contributed by atoms with Gasteiger partial charge in [-0.1, -0.05) is 0 Å². The monoisotopic (exact) mass is 442 g/mol. The number of nitrogens with zero attached hydrogens (tertiary/aromatic N) is 2. The van der Waals surface area contributed by atoms with Gasteiger partial charge in [0, 0.05) is 4.90 Å². The smallest absolute Gasteiger partial charge is 0.339 e. The molecule has 156 valence electrons. The highest BCUT2D eigenvalue weighted by molar-refractivity contribution is 7.98. The number of nitrogens with one attached hydrogen (secondary N) is 2. The van der Waals surface area contributed by atoms with Crippen LogP contribution in [-0.2, 0) is 14.8 Å². The van der Waals surface area contributed by atoms with Crippen molar-refractivity contribution in [1.29, 1.82) is 0 Å². The standard InChI is InChI=1S/C16H18N4O7S2/c1-25-12-8-13(26-2)18-15(17-12)19-16(22)20-29(23,24)11-7-9(28-4)5-6-10(11)14(21)27-3/h5-8H,1-4H3,(H2,17,18,19,20,22). The van der Waals surface area contributed by atoms with E-state index in [1.54, 1.807) is 12.3 Å². The lowest BCUT2D eigenvalue weighted by atomic mass is 10.2. The number of methoxy groups -OCH3 is 3. The molecule has 0 bridgehead atoms. The molecule has 1 aromatic carbocycles. The van der Waals surface area contributed by atoms with Crippen LogP contribution < -0.4 is 19.5 Å². The average molecular weight is 442 g/mol. The third-order valence-corrected chi connectivity index (χ3v) is 5.53. The summed E-state index contributed by atoms with van der Waals surface area (Å²) in [5, 5.41) is 2.18. The van der Waals surface area contributed by atoms with E-state index >= 15 is 0 Å². The molecular formula is C16H18N4O7S2. The zero-order chi connectivity index (χ0) is 21.6. The first-order valence-electron chi connectivity index (χ1n) is 7.81. The molecule has 1 aromatic heterocycles. The minimum atomic E-state index is -4.42. The van der Waals surface area contributed by atoms with Gasteiger partial charge in [0.05, 0.1) is 33.0 Å². The van der Waals surface area contributed by atoms with Crippen molar-refractivity contribution in [2.75, 3.05) is 32.9 Å². The molecule has 2 amide bonds. The van der Waals surface area contributed by atoms with Crippen molar-refractivity contribution < 1.29 is 32.2 Å². The summed E-state index contributed by atoms with van der Waals surface area (Å²) in [6, 6.07) is 4.35. The molecule has 1 heterocycles. The number of esters is 1. The number of sulfonamides is 1. The van der Waals surface area contributed by atoms with Crippen LogP contribution >= 0.6 is 11.8 Å². The fourth-order valence-corrected chi connectivity index (χ4v) is 3.75. The number of hydrogen-bond donors (Lipinski definition) is 2. The van der Waals surface area contributed by atoms with Crippen LogP contribution in [0.3, 0.4) is 0 Å². The molecule has 0 fully saturated rings. The van der Waals surface area contributed by atoms with E-state index in [1.807, 2.05) is 4.72 Å². The van der Waals surface area contributed by atoms with Gasteiger partial charge in [-0.05, 0) is 24.5 Å². The van der Waals surface area contributed by atoms with Crippen LogP contribution in [0.15, 0.2) is 34.1 Å². The zero-order valence-corrected chi connectivity index (χ0v) is 17.5. The second-order valence-corrected chi connectivity index (χ2v) is 7.72. The molecule has 29 heavy (non-hydrogen) atoms. The Kier molecular flexibility index (Phi) is 7.23. The zero-order valence-electron chi connectivity index (χ0n) is 15.9. The molecule has 0 aliphatic heterocycles. The number of anilines is 1. The summed E-state index contributed by atoms with van der Waals surface area (Å²) in [4.78, 5) is 32.1. The number of amides is 2. The van der Waals surface area contributed by atoms with Gasteiger partial charge in [-0.25, -0.2) is 22.7 Å². The lowest BCUT2D eigenvalue weighted by Crippen LogP contribution is -2.35. The number of carbonyl (C=O) groups excluding carboxylic acids is 2. The van der Waals surface area contributed by atoms with E-state index < -0.39 is 26.9 Å². The average Bonchev–Trinajstić information content (AvgIpc) is 2.71. The summed E-state index contributed by atoms with van der Waals surface area (Å²) >= 11 is 1.26. The SMILES string of the molecule is COC(=O)c1ccc(SC)cc1S(=O)(=O)NC(=O)Nc1nc(OC)cc(OC)n1. The Morgan fingerprint density at radius 3 is 2.17 bits per heavy atom. The van der Waals surface area contributed by atoms with Gasteiger partial charge < -0.3 is 14.2 Å². The highest BCUT2D eigenvalue weighted by Gasteiger charge is 2.26. The normalized spacial score (nSPS) is 10.8. The molecule has 0 radical (unpaired) electrons. The molecule has 11 nitrogen and oxygen atoms in total. The summed E-state index contributed by atoms with van der Waals surface area (Å²) in [5.74, 6) is -0.925. The highest BCUT2D eigenvalue weighted by atomic mass is 32.2. The van der Waals surface area contributed by atoms with Crippen LogP contribution in [0.25, 0.3) is 0 Å². The number of thioether (sulfide) groups is 1. The second-order valence-electron chi connectivity index (χ2n) is 5.19. The van der Waals surface area contributed by atoms with Gasteiger partial charge in [0.15, 0.2) is 0 Å². The van der Waals surface area contributed by atoms with Gasteiger partial charge in [-0.3, -0.25) is 5.32 Å². The molecule has 0 spiro atoms. The van der Waals surface area contributed by atoms with Gasteiger partial charge in [-0.15, -0.1) is 11.8 Å². The van der Waals surface area contributed by atoms with Crippen molar-refractivity contribution in [3.05, 3.63) is 29.8 Å². The summed E-state index contributed by atoms with van der Waals surface area (Å²) in [5.41, 5.74) is -0.218. The predicted octanol–water partition coefficient (Wildman–Crippen LogP) is 1.51. The minimum Gasteiger partial charge on any atom is -0.481 e. The molecule has 0 aliphatic carbocycles. The lowest BCUT2D eigenvalue weighted by molar-refractivity contribution is 0.0596. The van der Waals surface area contributed by atoms with Crippen molar-refractivity contribution in [2.45, 2.75) is 9.79 Å². The number of benzene rings is 1. The number of aromatic nitrogens is 2. The van der Waals surface area contributed by atoms with Crippen LogP contribution in [0.5, 0.6) is 11.8 Å². The number of carbonyl (C=O) groups is 2. The summed E-state index contributed by atoms with van der Waals surface area (Å²) in [6.07, 6.45) is 1.73. The van der Waals surface area contributed by atoms with Crippen LogP contribution in [0.2, 0.25) is 0 Å². The Morgan fingerprint density at radius 2 is 1.66 bits per heavy atom. The van der Waals surface area contributed by atoms with Crippen molar-refractivity contribution in [1.82, 2.24) is 14.7 Å². The van der Waals surface area contributed by atoms with Gasteiger partial charge in [0.1, 0.15) is 4.90 Å². The Morgan fingerprint density at radius 1 is 1.03 bits per heavy atom. The van der Waals surface area contributed by atoms with E-state index in [0.717, 1.165) is 7.11 Å². The molecule has 0 saturated carbocycles. The maximum Gasteiger partial charge on any atom is 0.339 e. The molecule has 2 N–H and O–H groups in total. The maximum absolute atomic E-state index is 12.7. The molecule has 0 saturated heterocycles. The maximum atomic E-state index is 12.7. The first-order chi connectivity index (χ1) is 13.7. The van der Waals surface area contributed by atoms with Gasteiger partial charge in [0.2, 0.25) is 17.7 Å². The molecule has 2 aromatic rings. The number of hydrogen-bond acceptors (Lipinski definition) is 10. The fraction of sp³-hybridized carbons (Fsp3) is 0.250. The van der Waals surface area contributed by atoms with Gasteiger partial charge in [0.25, 0.3) is 10.0 Å². The predicted molar refractivity (Wildman–Crippen MR) is 104 cm³/mol. The van der Waals surface area contributed by atoms with Crippen LogP contribution in [0.4, 0.5) is 10.7 Å². The second kappa shape index (κ2) is 9.43. The van der Waals surface area contributed by atoms with E-state index in [1.165, 1.54) is 44.2 Å². The van der Waals surface area contributed by atoms with Gasteiger partial charge >= 0.3 is 12.0 Å². The number of rotatable bonds is 7. The first kappa shape index (κ1) is 22.2. The number of urea groups is 1. The molecule has 0 aliphatic rings. The van der Waals surface area contributed by atoms with E-state index in [-0.39, 0.29) is 23.3 Å². The highest BCUT2D eigenvalue weighted by Crippen LogP contribution is 2.24. The summed E-state index contributed by atoms with van der Waals surface area (Å²) in [7, 11) is -0.603. The molecule has 0 unspecified atom stereocenters. The van der Waals surface area contributed by atoms with Crippen molar-refractivity contribution >= 4 is 39.7 Å². The topological polar surface area (TPSA) is 146 Å². The fourth-order valence-electron chi connectivity index (χ4n) is 2.10. The Balaban J connectivity index is 2.32. The molecule has 13 heteroatoms. The molecule has 2 rings (SSSR count). The summed E-state index contributed by atoms with van der Waals surface area (Å²) in [6.45, 7) is 0. The van der Waals surface area contributed by atoms with Gasteiger partial charge in [-0.2, -0.15) is 9.97 Å². The third-order valence-electron chi connectivity index (χ3n) is 3.43. The van der Waals surface area contributed by atoms with E-state index in [2.05, 4.69) is 20.0 Å². The largest absolute Gasteiger partial charge is 0.481 e. The minimum absolute atomic E-state index is 0.0932. The first-order valence-corrected chi connectivity index (χ1v) is 10.5. The van der Waals surface area contributed by atoms with Crippen LogP contribution in [0.1, 0.15) is 10.4 Å². The summed E-state index contributed by atoms with van der Waals surface area (Å²) < 4.78 is 41.7. The molecular weight excluding hydrogens is 424 g/mol. The third kappa shape index (κ3) is 5.48. The Labute approximate surface area is 171 Å². The van der Waals surface area contributed by atoms with Crippen molar-refractivity contribution in [2.24, 2.45) is 0 Å². The van der Waals surface area contributed by atoms with Crippen molar-refractivity contribution in [3.63, 3.8) is 0 Å². The van der Waals surface area contributed by atoms with Crippen LogP contribution in [0, 0.1) is 0 Å². The van der Waals surface area contributed by atoms with Crippen LogP contribution in [-0.4, -0.2) is 58.0 Å². The van der Waals surface area contributed by atoms with E-state index in [4.69, 9.17) is 9.47 Å². The molecule has 0 atom stereocenters. The Bertz CT molecular complexity index is 1010. The van der Waals surface area contributed by atoms with E-state index in [0.29, 0.717) is 4.90 Å². The Hall–Kier alpha value is -3.06.